The minimum atomic E-state index is -3.87. The van der Waals surface area contributed by atoms with E-state index in [4.69, 9.17) is 4.55 Å². The van der Waals surface area contributed by atoms with Crippen molar-refractivity contribution in [3.8, 4) is 11.8 Å². The zero-order chi connectivity index (χ0) is 9.24. The van der Waals surface area contributed by atoms with E-state index in [1.165, 1.54) is 0 Å². The summed E-state index contributed by atoms with van der Waals surface area (Å²) in [4.78, 5) is 0. The van der Waals surface area contributed by atoms with E-state index < -0.39 is 14.9 Å². The van der Waals surface area contributed by atoms with Crippen LogP contribution in [0.25, 0.3) is 0 Å². The Morgan fingerprint density at radius 3 is 2.33 bits per heavy atom. The van der Waals surface area contributed by atoms with Crippen LogP contribution in [0.5, 0.6) is 0 Å². The molecule has 0 heterocycles. The zero-order valence-electron chi connectivity index (χ0n) is 7.00. The van der Waals surface area contributed by atoms with Gasteiger partial charge in [0.2, 0.25) is 0 Å². The van der Waals surface area contributed by atoms with Crippen LogP contribution in [-0.2, 0) is 10.1 Å². The van der Waals surface area contributed by atoms with Crippen LogP contribution in [-0.4, -0.2) is 17.7 Å². The largest absolute Gasteiger partial charge is 0.285 e. The minimum absolute atomic E-state index is 0.277. The van der Waals surface area contributed by atoms with Crippen LogP contribution >= 0.6 is 0 Å². The van der Waals surface area contributed by atoms with E-state index in [0.717, 1.165) is 6.42 Å². The standard InChI is InChI=1S/C8H12O3S/c1-2-3-4-5-8(6-7-8)12(9,10)11/h2,5-7H2,1H3,(H,9,10,11). The van der Waals surface area contributed by atoms with E-state index in [1.54, 1.807) is 0 Å². The fourth-order valence-corrected chi connectivity index (χ4v) is 1.89. The molecule has 1 fully saturated rings. The molecule has 12 heavy (non-hydrogen) atoms. The summed E-state index contributed by atoms with van der Waals surface area (Å²) in [5, 5.41) is 0. The molecule has 1 N–H and O–H groups in total. The molecule has 0 saturated heterocycles. The van der Waals surface area contributed by atoms with Crippen LogP contribution in [0.3, 0.4) is 0 Å². The van der Waals surface area contributed by atoms with Gasteiger partial charge in [0.15, 0.2) is 0 Å². The maximum atomic E-state index is 10.8. The average Bonchev–Trinajstić information content (AvgIpc) is 2.67. The van der Waals surface area contributed by atoms with Crippen LogP contribution in [0, 0.1) is 11.8 Å². The summed E-state index contributed by atoms with van der Waals surface area (Å²) >= 11 is 0. The Kier molecular flexibility index (Phi) is 2.45. The van der Waals surface area contributed by atoms with E-state index in [9.17, 15) is 8.42 Å². The van der Waals surface area contributed by atoms with Crippen molar-refractivity contribution < 1.29 is 13.0 Å². The molecule has 0 spiro atoms. The van der Waals surface area contributed by atoms with Crippen LogP contribution < -0.4 is 0 Å². The second kappa shape index (κ2) is 3.08. The molecular formula is C8H12O3S. The van der Waals surface area contributed by atoms with Gasteiger partial charge in [-0.05, 0) is 12.8 Å². The molecular weight excluding hydrogens is 176 g/mol. The maximum Gasteiger partial charge on any atom is 0.271 e. The first-order valence-electron chi connectivity index (χ1n) is 3.94. The Morgan fingerprint density at radius 2 is 2.00 bits per heavy atom. The molecule has 4 heteroatoms. The van der Waals surface area contributed by atoms with Crippen molar-refractivity contribution >= 4 is 10.1 Å². The van der Waals surface area contributed by atoms with Crippen LogP contribution in [0.15, 0.2) is 0 Å². The molecule has 1 aliphatic rings. The monoisotopic (exact) mass is 188 g/mol. The summed E-state index contributed by atoms with van der Waals surface area (Å²) in [6, 6.07) is 0. The number of hydrogen-bond donors (Lipinski definition) is 1. The lowest BCUT2D eigenvalue weighted by molar-refractivity contribution is 0.464. The first-order valence-corrected chi connectivity index (χ1v) is 5.38. The molecule has 0 unspecified atom stereocenters. The highest BCUT2D eigenvalue weighted by Crippen LogP contribution is 2.45. The first-order chi connectivity index (χ1) is 5.52. The van der Waals surface area contributed by atoms with Gasteiger partial charge in [-0.15, -0.1) is 11.8 Å². The summed E-state index contributed by atoms with van der Waals surface area (Å²) in [6.07, 6.45) is 2.09. The van der Waals surface area contributed by atoms with Gasteiger partial charge in [-0.25, -0.2) is 0 Å². The molecule has 1 rings (SSSR count). The van der Waals surface area contributed by atoms with E-state index in [0.29, 0.717) is 12.8 Å². The van der Waals surface area contributed by atoms with Gasteiger partial charge in [0, 0.05) is 12.8 Å². The highest BCUT2D eigenvalue weighted by molar-refractivity contribution is 7.87. The van der Waals surface area contributed by atoms with Crippen LogP contribution in [0.4, 0.5) is 0 Å². The Bertz CT molecular complexity index is 314. The van der Waals surface area contributed by atoms with Crippen molar-refractivity contribution in [2.75, 3.05) is 0 Å². The lowest BCUT2D eigenvalue weighted by atomic mass is 10.3. The molecule has 0 aromatic heterocycles. The van der Waals surface area contributed by atoms with Gasteiger partial charge in [-0.1, -0.05) is 6.92 Å². The average molecular weight is 188 g/mol. The van der Waals surface area contributed by atoms with Gasteiger partial charge in [0.05, 0.1) is 0 Å². The van der Waals surface area contributed by atoms with E-state index in [2.05, 4.69) is 11.8 Å². The fourth-order valence-electron chi connectivity index (χ4n) is 1.01. The quantitative estimate of drug-likeness (QED) is 0.523. The van der Waals surface area contributed by atoms with Crippen molar-refractivity contribution in [2.45, 2.75) is 37.4 Å². The third kappa shape index (κ3) is 1.79. The normalized spacial score (nSPS) is 19.5. The SMILES string of the molecule is CCC#CCC1(S(=O)(=O)O)CC1. The zero-order valence-corrected chi connectivity index (χ0v) is 7.82. The molecule has 0 aliphatic heterocycles. The Morgan fingerprint density at radius 1 is 1.42 bits per heavy atom. The number of rotatable bonds is 2. The molecule has 3 nitrogen and oxygen atoms in total. The number of hydrogen-bond acceptors (Lipinski definition) is 2. The van der Waals surface area contributed by atoms with Gasteiger partial charge >= 0.3 is 0 Å². The van der Waals surface area contributed by atoms with E-state index in [1.807, 2.05) is 6.92 Å². The Labute approximate surface area is 72.9 Å². The van der Waals surface area contributed by atoms with Crippen molar-refractivity contribution in [3.63, 3.8) is 0 Å². The second-order valence-corrected chi connectivity index (χ2v) is 4.86. The lowest BCUT2D eigenvalue weighted by Crippen LogP contribution is -2.21. The highest BCUT2D eigenvalue weighted by atomic mass is 32.2. The molecule has 0 radical (unpaired) electrons. The lowest BCUT2D eigenvalue weighted by Gasteiger charge is -2.05. The summed E-state index contributed by atoms with van der Waals surface area (Å²) < 4.78 is 29.5. The summed E-state index contributed by atoms with van der Waals surface area (Å²) in [5.41, 5.74) is 0. The molecule has 0 amide bonds. The fraction of sp³-hybridized carbons (Fsp3) is 0.750. The molecule has 0 aromatic carbocycles. The predicted octanol–water partition coefficient (Wildman–Crippen LogP) is 1.21. The summed E-state index contributed by atoms with van der Waals surface area (Å²) in [5.74, 6) is 5.55. The van der Waals surface area contributed by atoms with Gasteiger partial charge < -0.3 is 0 Å². The summed E-state index contributed by atoms with van der Waals surface area (Å²) in [6.45, 7) is 1.90. The highest BCUT2D eigenvalue weighted by Gasteiger charge is 2.53. The van der Waals surface area contributed by atoms with Crippen molar-refractivity contribution in [1.82, 2.24) is 0 Å². The van der Waals surface area contributed by atoms with Crippen LogP contribution in [0.1, 0.15) is 32.6 Å². The maximum absolute atomic E-state index is 10.8. The van der Waals surface area contributed by atoms with E-state index in [-0.39, 0.29) is 6.42 Å². The second-order valence-electron chi connectivity index (χ2n) is 3.04. The molecule has 1 aliphatic carbocycles. The summed E-state index contributed by atoms with van der Waals surface area (Å²) in [7, 11) is -3.87. The predicted molar refractivity (Wildman–Crippen MR) is 46.2 cm³/mol. The Balaban J connectivity index is 2.64. The minimum Gasteiger partial charge on any atom is -0.285 e. The van der Waals surface area contributed by atoms with Crippen molar-refractivity contribution in [3.05, 3.63) is 0 Å². The smallest absolute Gasteiger partial charge is 0.271 e. The van der Waals surface area contributed by atoms with Crippen molar-refractivity contribution in [2.24, 2.45) is 0 Å². The third-order valence-electron chi connectivity index (χ3n) is 2.07. The van der Waals surface area contributed by atoms with Crippen LogP contribution in [0.2, 0.25) is 0 Å². The van der Waals surface area contributed by atoms with Gasteiger partial charge in [0.1, 0.15) is 4.75 Å². The molecule has 68 valence electrons. The molecule has 0 atom stereocenters. The van der Waals surface area contributed by atoms with Gasteiger partial charge in [-0.2, -0.15) is 8.42 Å². The van der Waals surface area contributed by atoms with Gasteiger partial charge in [-0.3, -0.25) is 4.55 Å². The van der Waals surface area contributed by atoms with Crippen molar-refractivity contribution in [1.29, 1.82) is 0 Å². The van der Waals surface area contributed by atoms with Gasteiger partial charge in [0.25, 0.3) is 10.1 Å². The molecule has 0 aromatic rings. The first kappa shape index (κ1) is 9.56. The van der Waals surface area contributed by atoms with E-state index >= 15 is 0 Å². The molecule has 0 bridgehead atoms. The topological polar surface area (TPSA) is 54.4 Å². The molecule has 1 saturated carbocycles. The third-order valence-corrected chi connectivity index (χ3v) is 3.71. The Hall–Kier alpha value is -0.530.